The Balaban J connectivity index is 1.69. The molecule has 206 valence electrons. The number of Topliss-reactive ketones (excluding diaryl/α,β-unsaturated/α-hetero) is 1. The second kappa shape index (κ2) is 9.83. The van der Waals surface area contributed by atoms with E-state index in [2.05, 4.69) is 0 Å². The Morgan fingerprint density at radius 1 is 1.08 bits per heavy atom. The van der Waals surface area contributed by atoms with Crippen LogP contribution in [-0.2, 0) is 25.4 Å². The highest BCUT2D eigenvalue weighted by Crippen LogP contribution is 2.52. The van der Waals surface area contributed by atoms with E-state index in [4.69, 9.17) is 18.9 Å². The van der Waals surface area contributed by atoms with Crippen molar-refractivity contribution in [3.8, 4) is 17.2 Å². The lowest BCUT2D eigenvalue weighted by Gasteiger charge is -2.40. The molecule has 0 aromatic heterocycles. The number of rotatable bonds is 6. The number of aliphatic hydroxyl groups is 3. The van der Waals surface area contributed by atoms with Gasteiger partial charge in [-0.2, -0.15) is 0 Å². The number of phenolic OH excluding ortho intramolecular Hbond substituents is 2. The number of benzene rings is 2. The van der Waals surface area contributed by atoms with Gasteiger partial charge in [0.25, 0.3) is 0 Å². The lowest BCUT2D eigenvalue weighted by atomic mass is 9.72. The number of ketones is 3. The van der Waals surface area contributed by atoms with Gasteiger partial charge in [0.05, 0.1) is 29.9 Å². The summed E-state index contributed by atoms with van der Waals surface area (Å²) in [6, 6.07) is 4.35. The normalized spacial score (nSPS) is 27.5. The van der Waals surface area contributed by atoms with Crippen LogP contribution >= 0.6 is 0 Å². The van der Waals surface area contributed by atoms with Gasteiger partial charge in [-0.25, -0.2) is 0 Å². The van der Waals surface area contributed by atoms with Gasteiger partial charge >= 0.3 is 0 Å². The minimum atomic E-state index is -2.26. The Kier molecular flexibility index (Phi) is 6.79. The first-order valence-corrected chi connectivity index (χ1v) is 12.0. The predicted molar refractivity (Wildman–Crippen MR) is 130 cm³/mol. The van der Waals surface area contributed by atoms with Crippen LogP contribution in [0.15, 0.2) is 30.4 Å². The second-order valence-corrected chi connectivity index (χ2v) is 9.48. The number of hydrogen-bond acceptors (Lipinski definition) is 12. The molecule has 2 aromatic carbocycles. The molecule has 0 fully saturated rings. The Labute approximate surface area is 221 Å². The minimum absolute atomic E-state index is 0.0586. The molecule has 5 rings (SSSR count). The highest BCUT2D eigenvalue weighted by atomic mass is 16.8. The van der Waals surface area contributed by atoms with Crippen molar-refractivity contribution in [1.82, 2.24) is 0 Å². The lowest BCUT2D eigenvalue weighted by Crippen LogP contribution is -2.48. The molecule has 0 spiro atoms. The van der Waals surface area contributed by atoms with Crippen LogP contribution in [0.4, 0.5) is 0 Å². The van der Waals surface area contributed by atoms with Crippen LogP contribution in [-0.4, -0.2) is 88.0 Å². The number of phenols is 2. The van der Waals surface area contributed by atoms with Gasteiger partial charge in [-0.05, 0) is 12.1 Å². The van der Waals surface area contributed by atoms with E-state index in [0.29, 0.717) is 0 Å². The van der Waals surface area contributed by atoms with Crippen LogP contribution in [0.5, 0.6) is 17.2 Å². The third kappa shape index (κ3) is 4.13. The average molecular weight is 542 g/mol. The number of ether oxygens (including phenoxy) is 4. The molecular weight excluding hydrogens is 516 g/mol. The van der Waals surface area contributed by atoms with E-state index in [1.165, 1.54) is 44.6 Å². The summed E-state index contributed by atoms with van der Waals surface area (Å²) in [4.78, 5) is 39.7. The monoisotopic (exact) mass is 542 g/mol. The van der Waals surface area contributed by atoms with Crippen LogP contribution in [0.3, 0.4) is 0 Å². The summed E-state index contributed by atoms with van der Waals surface area (Å²) in [6.45, 7) is -1.03. The Bertz CT molecular complexity index is 1410. The molecule has 12 nitrogen and oxygen atoms in total. The van der Waals surface area contributed by atoms with Crippen LogP contribution < -0.4 is 4.74 Å². The molecule has 5 atom stereocenters. The number of hydrogen-bond donors (Lipinski definition) is 5. The zero-order chi connectivity index (χ0) is 28.2. The van der Waals surface area contributed by atoms with E-state index in [9.17, 15) is 39.9 Å². The van der Waals surface area contributed by atoms with Crippen molar-refractivity contribution in [3.05, 3.63) is 63.7 Å². The standard InChI is InChI=1S/C27H26O12/c1-36-14-5-3-4-11-18(14)24(33)21-20(22(11)31)23(32)12-8-27(35,16(30)10-28)9-15(19(12)25(21)34)38-17-7-6-13(29)26(37-2)39-17/h3-7,13,15,17,26,28-29,32,34-35H,8-10H2,1-2H3/t13?,15-,17?,26?,27-/m0/s1. The number of methoxy groups -OCH3 is 2. The van der Waals surface area contributed by atoms with Gasteiger partial charge < -0.3 is 44.5 Å². The first kappa shape index (κ1) is 26.9. The summed E-state index contributed by atoms with van der Waals surface area (Å²) in [7, 11) is 2.61. The first-order chi connectivity index (χ1) is 18.6. The third-order valence-electron chi connectivity index (χ3n) is 7.28. The summed E-state index contributed by atoms with van der Waals surface area (Å²) in [5.41, 5.74) is -3.73. The Morgan fingerprint density at radius 2 is 1.79 bits per heavy atom. The number of fused-ring (bicyclic) bond motifs is 3. The number of carbonyl (C=O) groups excluding carboxylic acids is 3. The first-order valence-electron chi connectivity index (χ1n) is 12.0. The maximum atomic E-state index is 13.6. The molecule has 2 aromatic rings. The molecular formula is C27H26O12. The van der Waals surface area contributed by atoms with Crippen molar-refractivity contribution in [2.24, 2.45) is 0 Å². The highest BCUT2D eigenvalue weighted by Gasteiger charge is 2.49. The van der Waals surface area contributed by atoms with Gasteiger partial charge in [-0.15, -0.1) is 0 Å². The smallest absolute Gasteiger partial charge is 0.202 e. The zero-order valence-electron chi connectivity index (χ0n) is 20.9. The van der Waals surface area contributed by atoms with Crippen LogP contribution in [0.1, 0.15) is 55.5 Å². The van der Waals surface area contributed by atoms with Gasteiger partial charge in [-0.3, -0.25) is 14.4 Å². The fourth-order valence-electron chi connectivity index (χ4n) is 5.38. The number of aliphatic hydroxyl groups excluding tert-OH is 2. The molecule has 5 N–H and O–H groups in total. The van der Waals surface area contributed by atoms with Gasteiger partial charge in [0.15, 0.2) is 24.1 Å². The Hall–Kier alpha value is -3.65. The average Bonchev–Trinajstić information content (AvgIpc) is 2.93. The maximum Gasteiger partial charge on any atom is 0.202 e. The molecule has 1 heterocycles. The lowest BCUT2D eigenvalue weighted by molar-refractivity contribution is -0.265. The molecule has 39 heavy (non-hydrogen) atoms. The summed E-state index contributed by atoms with van der Waals surface area (Å²) in [5, 5.41) is 53.4. The summed E-state index contributed by atoms with van der Waals surface area (Å²) in [6.07, 6.45) is -3.21. The van der Waals surface area contributed by atoms with E-state index in [-0.39, 0.29) is 28.0 Å². The summed E-state index contributed by atoms with van der Waals surface area (Å²) >= 11 is 0. The van der Waals surface area contributed by atoms with E-state index >= 15 is 0 Å². The van der Waals surface area contributed by atoms with Crippen LogP contribution in [0.25, 0.3) is 0 Å². The van der Waals surface area contributed by atoms with Crippen molar-refractivity contribution in [2.45, 2.75) is 43.2 Å². The molecule has 2 aliphatic carbocycles. The molecule has 3 unspecified atom stereocenters. The Morgan fingerprint density at radius 3 is 2.46 bits per heavy atom. The van der Waals surface area contributed by atoms with E-state index < -0.39 is 89.8 Å². The number of aromatic hydroxyl groups is 2. The molecule has 0 bridgehead atoms. The van der Waals surface area contributed by atoms with Crippen LogP contribution in [0, 0.1) is 0 Å². The molecule has 12 heteroatoms. The van der Waals surface area contributed by atoms with Crippen molar-refractivity contribution in [2.75, 3.05) is 20.8 Å². The van der Waals surface area contributed by atoms with E-state index in [0.717, 1.165) is 0 Å². The predicted octanol–water partition coefficient (Wildman–Crippen LogP) is 0.424. The van der Waals surface area contributed by atoms with Gasteiger partial charge in [0.2, 0.25) is 5.78 Å². The SMILES string of the molecule is COc1cccc2c1C(=O)c1c(O)c3c(c(O)c1C2=O)C[C@@](O)(C(=O)CO)C[C@@H]3OC1C=CC(O)C(OC)O1. The van der Waals surface area contributed by atoms with Crippen LogP contribution in [0.2, 0.25) is 0 Å². The fraction of sp³-hybridized carbons (Fsp3) is 0.370. The van der Waals surface area contributed by atoms with Crippen molar-refractivity contribution in [3.63, 3.8) is 0 Å². The molecule has 3 aliphatic rings. The maximum absolute atomic E-state index is 13.6. The van der Waals surface area contributed by atoms with Gasteiger partial charge in [-0.1, -0.05) is 18.2 Å². The fourth-order valence-corrected chi connectivity index (χ4v) is 5.38. The molecule has 0 amide bonds. The van der Waals surface area contributed by atoms with Crippen molar-refractivity contribution >= 4 is 17.3 Å². The summed E-state index contributed by atoms with van der Waals surface area (Å²) < 4.78 is 21.8. The van der Waals surface area contributed by atoms with Gasteiger partial charge in [0, 0.05) is 36.6 Å². The van der Waals surface area contributed by atoms with E-state index in [1.54, 1.807) is 0 Å². The largest absolute Gasteiger partial charge is 0.507 e. The highest BCUT2D eigenvalue weighted by molar-refractivity contribution is 6.31. The van der Waals surface area contributed by atoms with E-state index in [1.807, 2.05) is 0 Å². The topological polar surface area (TPSA) is 189 Å². The van der Waals surface area contributed by atoms with Crippen molar-refractivity contribution in [1.29, 1.82) is 0 Å². The molecule has 0 saturated carbocycles. The van der Waals surface area contributed by atoms with Gasteiger partial charge in [0.1, 0.15) is 35.6 Å². The second-order valence-electron chi connectivity index (χ2n) is 9.48. The minimum Gasteiger partial charge on any atom is -0.507 e. The molecule has 0 radical (unpaired) electrons. The molecule has 0 saturated heterocycles. The van der Waals surface area contributed by atoms with Crippen molar-refractivity contribution < 1.29 is 58.9 Å². The summed E-state index contributed by atoms with van der Waals surface area (Å²) in [5.74, 6) is -3.85. The quantitative estimate of drug-likeness (QED) is 0.214. The zero-order valence-corrected chi connectivity index (χ0v) is 20.9. The third-order valence-corrected chi connectivity index (χ3v) is 7.28. The molecule has 1 aliphatic heterocycles. The number of carbonyl (C=O) groups is 3.